The third-order valence-electron chi connectivity index (χ3n) is 4.43. The standard InChI is InChI=1S/C17H23NO5S/c1-10-7-14(8-11(2)16(10)23-9-15(19)20)17(21)18-5-6-24(22)13(4)12(18)3/h7-8,12-13H,5-6,9H2,1-4H3,(H,19,20). The number of hydrogen-bond acceptors (Lipinski definition) is 4. The van der Waals surface area contributed by atoms with E-state index in [1.54, 1.807) is 30.9 Å². The second-order valence-corrected chi connectivity index (χ2v) is 8.06. The van der Waals surface area contributed by atoms with E-state index in [0.717, 1.165) is 11.1 Å². The smallest absolute Gasteiger partial charge is 0.341 e. The van der Waals surface area contributed by atoms with E-state index >= 15 is 0 Å². The molecule has 3 atom stereocenters. The summed E-state index contributed by atoms with van der Waals surface area (Å²) in [5.74, 6) is -0.148. The lowest BCUT2D eigenvalue weighted by Gasteiger charge is -2.37. The summed E-state index contributed by atoms with van der Waals surface area (Å²) in [5, 5.41) is 8.68. The number of rotatable bonds is 4. The van der Waals surface area contributed by atoms with Gasteiger partial charge in [-0.25, -0.2) is 4.79 Å². The second kappa shape index (κ2) is 7.34. The summed E-state index contributed by atoms with van der Waals surface area (Å²) < 4.78 is 17.2. The Morgan fingerprint density at radius 1 is 1.29 bits per heavy atom. The van der Waals surface area contributed by atoms with Gasteiger partial charge >= 0.3 is 5.97 Å². The Hall–Kier alpha value is -1.89. The van der Waals surface area contributed by atoms with Gasteiger partial charge in [-0.05, 0) is 51.0 Å². The first-order chi connectivity index (χ1) is 11.2. The van der Waals surface area contributed by atoms with Crippen LogP contribution < -0.4 is 4.74 Å². The van der Waals surface area contributed by atoms with Gasteiger partial charge < -0.3 is 14.7 Å². The fourth-order valence-corrected chi connectivity index (χ4v) is 4.27. The summed E-state index contributed by atoms with van der Waals surface area (Å²) in [6.45, 7) is 7.47. The molecule has 1 aromatic rings. The highest BCUT2D eigenvalue weighted by atomic mass is 32.2. The van der Waals surface area contributed by atoms with E-state index in [9.17, 15) is 13.8 Å². The number of carboxylic acids is 1. The Morgan fingerprint density at radius 3 is 2.42 bits per heavy atom. The summed E-state index contributed by atoms with van der Waals surface area (Å²) in [6, 6.07) is 3.35. The SMILES string of the molecule is Cc1cc(C(=O)N2CCS(=O)C(C)C2C)cc(C)c1OCC(=O)O. The van der Waals surface area contributed by atoms with Crippen molar-refractivity contribution in [2.75, 3.05) is 18.9 Å². The van der Waals surface area contributed by atoms with E-state index in [-0.39, 0.29) is 17.2 Å². The molecule has 24 heavy (non-hydrogen) atoms. The van der Waals surface area contributed by atoms with Crippen molar-refractivity contribution in [1.29, 1.82) is 0 Å². The van der Waals surface area contributed by atoms with Crippen LogP contribution in [0.15, 0.2) is 12.1 Å². The molecule has 6 nitrogen and oxygen atoms in total. The Kier molecular flexibility index (Phi) is 5.64. The lowest BCUT2D eigenvalue weighted by molar-refractivity contribution is -0.139. The third kappa shape index (κ3) is 3.77. The molecule has 3 unspecified atom stereocenters. The molecule has 132 valence electrons. The normalized spacial score (nSPS) is 23.8. The number of aryl methyl sites for hydroxylation is 2. The van der Waals surface area contributed by atoms with E-state index in [2.05, 4.69) is 0 Å². The van der Waals surface area contributed by atoms with E-state index < -0.39 is 23.4 Å². The Bertz CT molecular complexity index is 665. The minimum absolute atomic E-state index is 0.0527. The highest BCUT2D eigenvalue weighted by Crippen LogP contribution is 2.27. The molecule has 0 aliphatic carbocycles. The van der Waals surface area contributed by atoms with E-state index in [1.807, 2.05) is 13.8 Å². The van der Waals surface area contributed by atoms with E-state index in [0.29, 0.717) is 23.6 Å². The number of ether oxygens (including phenoxy) is 1. The van der Waals surface area contributed by atoms with Crippen molar-refractivity contribution in [2.24, 2.45) is 0 Å². The summed E-state index contributed by atoms with van der Waals surface area (Å²) in [7, 11) is -0.898. The van der Waals surface area contributed by atoms with Gasteiger partial charge in [-0.1, -0.05) is 0 Å². The Morgan fingerprint density at radius 2 is 1.88 bits per heavy atom. The van der Waals surface area contributed by atoms with Gasteiger partial charge in [0.15, 0.2) is 6.61 Å². The number of carbonyl (C=O) groups excluding carboxylic acids is 1. The maximum Gasteiger partial charge on any atom is 0.341 e. The third-order valence-corrected chi connectivity index (χ3v) is 6.24. The first-order valence-corrected chi connectivity index (χ1v) is 9.24. The molecule has 1 fully saturated rings. The van der Waals surface area contributed by atoms with Gasteiger partial charge in [0, 0.05) is 34.7 Å². The molecule has 1 amide bonds. The van der Waals surface area contributed by atoms with Crippen molar-refractivity contribution in [3.05, 3.63) is 28.8 Å². The van der Waals surface area contributed by atoms with Gasteiger partial charge in [-0.15, -0.1) is 0 Å². The van der Waals surface area contributed by atoms with Crippen LogP contribution in [0.1, 0.15) is 35.3 Å². The second-order valence-electron chi connectivity index (χ2n) is 6.15. The first kappa shape index (κ1) is 18.4. The molecule has 1 aliphatic heterocycles. The molecular formula is C17H23NO5S. The number of hydrogen-bond donors (Lipinski definition) is 1. The van der Waals surface area contributed by atoms with Crippen molar-refractivity contribution >= 4 is 22.7 Å². The van der Waals surface area contributed by atoms with Gasteiger partial charge in [0.05, 0.1) is 5.25 Å². The predicted octanol–water partition coefficient (Wildman–Crippen LogP) is 1.75. The predicted molar refractivity (Wildman–Crippen MR) is 92.0 cm³/mol. The molecule has 1 aromatic carbocycles. The number of nitrogens with zero attached hydrogens (tertiary/aromatic N) is 1. The van der Waals surface area contributed by atoms with Gasteiger partial charge in [0.2, 0.25) is 0 Å². The van der Waals surface area contributed by atoms with Crippen molar-refractivity contribution in [3.8, 4) is 5.75 Å². The summed E-state index contributed by atoms with van der Waals surface area (Å²) in [6.07, 6.45) is 0. The average Bonchev–Trinajstić information content (AvgIpc) is 2.51. The molecule has 0 bridgehead atoms. The van der Waals surface area contributed by atoms with Gasteiger partial charge in [-0.2, -0.15) is 0 Å². The molecule has 1 aliphatic rings. The monoisotopic (exact) mass is 353 g/mol. The van der Waals surface area contributed by atoms with Crippen LogP contribution in [0.25, 0.3) is 0 Å². The number of amides is 1. The fraction of sp³-hybridized carbons (Fsp3) is 0.529. The molecular weight excluding hydrogens is 330 g/mol. The zero-order valence-corrected chi connectivity index (χ0v) is 15.2. The molecule has 0 radical (unpaired) electrons. The largest absolute Gasteiger partial charge is 0.481 e. The number of carbonyl (C=O) groups is 2. The maximum atomic E-state index is 12.8. The minimum atomic E-state index is -1.04. The van der Waals surface area contributed by atoms with Crippen LogP contribution in [0, 0.1) is 13.8 Å². The number of benzene rings is 1. The van der Waals surface area contributed by atoms with Crippen LogP contribution in [-0.2, 0) is 15.6 Å². The van der Waals surface area contributed by atoms with Crippen LogP contribution in [0.2, 0.25) is 0 Å². The van der Waals surface area contributed by atoms with Crippen LogP contribution in [0.5, 0.6) is 5.75 Å². The fourth-order valence-electron chi connectivity index (χ4n) is 2.94. The topological polar surface area (TPSA) is 83.9 Å². The molecule has 0 saturated carbocycles. The highest BCUT2D eigenvalue weighted by Gasteiger charge is 2.33. The molecule has 1 N–H and O–H groups in total. The average molecular weight is 353 g/mol. The quantitative estimate of drug-likeness (QED) is 0.891. The molecule has 1 saturated heterocycles. The molecule has 7 heteroatoms. The maximum absolute atomic E-state index is 12.8. The van der Waals surface area contributed by atoms with Gasteiger partial charge in [0.1, 0.15) is 5.75 Å². The van der Waals surface area contributed by atoms with Crippen molar-refractivity contribution < 1.29 is 23.6 Å². The van der Waals surface area contributed by atoms with Gasteiger partial charge in [-0.3, -0.25) is 9.00 Å². The molecule has 0 aromatic heterocycles. The minimum Gasteiger partial charge on any atom is -0.481 e. The molecule has 2 rings (SSSR count). The van der Waals surface area contributed by atoms with Crippen molar-refractivity contribution in [3.63, 3.8) is 0 Å². The van der Waals surface area contributed by atoms with Crippen molar-refractivity contribution in [2.45, 2.75) is 39.0 Å². The van der Waals surface area contributed by atoms with Crippen LogP contribution in [0.3, 0.4) is 0 Å². The zero-order valence-electron chi connectivity index (χ0n) is 14.4. The van der Waals surface area contributed by atoms with E-state index in [1.165, 1.54) is 0 Å². The van der Waals surface area contributed by atoms with Crippen LogP contribution in [-0.4, -0.2) is 56.3 Å². The summed E-state index contributed by atoms with van der Waals surface area (Å²) in [4.78, 5) is 25.3. The summed E-state index contributed by atoms with van der Waals surface area (Å²) >= 11 is 0. The number of aliphatic carboxylic acids is 1. The number of carboxylic acid groups (broad SMARTS) is 1. The molecule has 0 spiro atoms. The first-order valence-electron chi connectivity index (χ1n) is 7.86. The van der Waals surface area contributed by atoms with Crippen molar-refractivity contribution in [1.82, 2.24) is 4.90 Å². The summed E-state index contributed by atoms with van der Waals surface area (Å²) in [5.41, 5.74) is 1.99. The van der Waals surface area contributed by atoms with Gasteiger partial charge in [0.25, 0.3) is 5.91 Å². The highest BCUT2D eigenvalue weighted by molar-refractivity contribution is 7.85. The lowest BCUT2D eigenvalue weighted by atomic mass is 10.0. The Balaban J connectivity index is 2.24. The Labute approximate surface area is 144 Å². The lowest BCUT2D eigenvalue weighted by Crippen LogP contribution is -2.52. The van der Waals surface area contributed by atoms with Crippen LogP contribution >= 0.6 is 0 Å². The zero-order chi connectivity index (χ0) is 18.0. The van der Waals surface area contributed by atoms with Crippen LogP contribution in [0.4, 0.5) is 0 Å². The van der Waals surface area contributed by atoms with E-state index in [4.69, 9.17) is 9.84 Å². The molecule has 1 heterocycles.